The number of hydrogen-bond donors (Lipinski definition) is 0. The van der Waals surface area contributed by atoms with E-state index in [4.69, 9.17) is 4.74 Å². The van der Waals surface area contributed by atoms with Crippen LogP contribution in [-0.2, 0) is 15.5 Å². The van der Waals surface area contributed by atoms with Crippen LogP contribution in [0.3, 0.4) is 0 Å². The Bertz CT molecular complexity index is 582. The molecule has 0 spiro atoms. The monoisotopic (exact) mass is 307 g/mol. The third-order valence-corrected chi connectivity index (χ3v) is 4.84. The Morgan fingerprint density at radius 1 is 1.43 bits per heavy atom. The molecule has 1 aromatic rings. The van der Waals surface area contributed by atoms with Gasteiger partial charge >= 0.3 is 0 Å². The fraction of sp³-hybridized carbons (Fsp3) is 0.600. The van der Waals surface area contributed by atoms with Gasteiger partial charge in [-0.2, -0.15) is 0 Å². The number of nitrogens with zero attached hydrogens (tertiary/aromatic N) is 3. The molecule has 1 aliphatic heterocycles. The van der Waals surface area contributed by atoms with Crippen molar-refractivity contribution in [2.24, 2.45) is 0 Å². The molecule has 1 unspecified atom stereocenters. The molecule has 2 aliphatic rings. The van der Waals surface area contributed by atoms with Crippen molar-refractivity contribution in [3.63, 3.8) is 0 Å². The molecule has 0 saturated heterocycles. The van der Waals surface area contributed by atoms with E-state index >= 15 is 0 Å². The number of anilines is 1. The van der Waals surface area contributed by atoms with Crippen LogP contribution in [0.15, 0.2) is 16.9 Å². The van der Waals surface area contributed by atoms with Crippen molar-refractivity contribution >= 4 is 22.7 Å². The lowest BCUT2D eigenvalue weighted by Gasteiger charge is -2.35. The first-order valence-corrected chi connectivity index (χ1v) is 8.90. The van der Waals surface area contributed by atoms with Crippen LogP contribution in [0.2, 0.25) is 0 Å². The van der Waals surface area contributed by atoms with Crippen molar-refractivity contribution in [2.75, 3.05) is 31.4 Å². The Morgan fingerprint density at radius 3 is 2.86 bits per heavy atom. The molecule has 114 valence electrons. The molecule has 21 heavy (non-hydrogen) atoms. The minimum Gasteiger partial charge on any atom is -0.380 e. The van der Waals surface area contributed by atoms with Gasteiger partial charge in [0.1, 0.15) is 5.82 Å². The Hall–Kier alpha value is -1.27. The lowest BCUT2D eigenvalue weighted by Crippen LogP contribution is -2.38. The van der Waals surface area contributed by atoms with Gasteiger partial charge in [0.15, 0.2) is 0 Å². The van der Waals surface area contributed by atoms with E-state index in [9.17, 15) is 4.21 Å². The molecule has 1 aliphatic carbocycles. The molecule has 6 heteroatoms. The highest BCUT2D eigenvalue weighted by atomic mass is 32.2. The molecule has 2 heterocycles. The maximum absolute atomic E-state index is 11.7. The van der Waals surface area contributed by atoms with Crippen molar-refractivity contribution in [3.05, 3.63) is 17.3 Å². The molecule has 1 aromatic heterocycles. The summed E-state index contributed by atoms with van der Waals surface area (Å²) in [5.41, 5.74) is 2.25. The van der Waals surface area contributed by atoms with E-state index in [1.165, 1.54) is 31.3 Å². The minimum absolute atomic E-state index is 0.417. The summed E-state index contributed by atoms with van der Waals surface area (Å²) in [6, 6.07) is 0.525. The average Bonchev–Trinajstić information content (AvgIpc) is 3.00. The largest absolute Gasteiger partial charge is 0.380 e. The Kier molecular flexibility index (Phi) is 4.35. The van der Waals surface area contributed by atoms with Crippen molar-refractivity contribution in [3.8, 4) is 0 Å². The van der Waals surface area contributed by atoms with E-state index in [0.29, 0.717) is 17.8 Å². The fourth-order valence-corrected chi connectivity index (χ4v) is 3.60. The lowest BCUT2D eigenvalue weighted by atomic mass is 10.0. The summed E-state index contributed by atoms with van der Waals surface area (Å²) in [6.07, 6.45) is 10.5. The first kappa shape index (κ1) is 14.7. The maximum atomic E-state index is 11.7. The molecular weight excluding hydrogens is 286 g/mol. The third-order valence-electron chi connectivity index (χ3n) is 4.13. The van der Waals surface area contributed by atoms with E-state index in [-0.39, 0.29) is 0 Å². The zero-order valence-electron chi connectivity index (χ0n) is 12.5. The van der Waals surface area contributed by atoms with Crippen molar-refractivity contribution in [1.29, 1.82) is 0 Å². The number of fused-ring (bicyclic) bond motifs is 1. The fourth-order valence-electron chi connectivity index (χ4n) is 3.19. The Labute approximate surface area is 127 Å². The third kappa shape index (κ3) is 3.01. The van der Waals surface area contributed by atoms with Gasteiger partial charge in [-0.3, -0.25) is 4.21 Å². The molecule has 0 N–H and O–H groups in total. The van der Waals surface area contributed by atoms with E-state index in [2.05, 4.69) is 20.9 Å². The van der Waals surface area contributed by atoms with Gasteiger partial charge in [0.25, 0.3) is 0 Å². The molecule has 1 atom stereocenters. The summed E-state index contributed by atoms with van der Waals surface area (Å²) in [4.78, 5) is 11.1. The van der Waals surface area contributed by atoms with Crippen LogP contribution < -0.4 is 4.90 Å². The second-order valence-electron chi connectivity index (χ2n) is 5.69. The lowest BCUT2D eigenvalue weighted by molar-refractivity contribution is 0.224. The molecule has 1 fully saturated rings. The first-order valence-electron chi connectivity index (χ1n) is 7.34. The summed E-state index contributed by atoms with van der Waals surface area (Å²) in [5, 5.41) is 0.417. The molecule has 0 amide bonds. The highest BCUT2D eigenvalue weighted by Crippen LogP contribution is 2.33. The van der Waals surface area contributed by atoms with Gasteiger partial charge in [-0.1, -0.05) is 12.8 Å². The predicted molar refractivity (Wildman–Crippen MR) is 83.8 cm³/mol. The van der Waals surface area contributed by atoms with Crippen LogP contribution >= 0.6 is 0 Å². The van der Waals surface area contributed by atoms with Crippen molar-refractivity contribution in [1.82, 2.24) is 9.97 Å². The number of hydrogen-bond acceptors (Lipinski definition) is 5. The Balaban J connectivity index is 2.00. The molecular formula is C15H21N3O2S. The SMILES string of the molecule is COCC1=Cc2cnc(S(C)=O)nc2N(C2CCCC2)C1. The minimum atomic E-state index is -1.15. The summed E-state index contributed by atoms with van der Waals surface area (Å²) >= 11 is 0. The van der Waals surface area contributed by atoms with Crippen molar-refractivity contribution in [2.45, 2.75) is 36.9 Å². The average molecular weight is 307 g/mol. The maximum Gasteiger partial charge on any atom is 0.220 e. The Morgan fingerprint density at radius 2 is 2.19 bits per heavy atom. The normalized spacial score (nSPS) is 20.3. The summed E-state index contributed by atoms with van der Waals surface area (Å²) in [7, 11) is 0.568. The summed E-state index contributed by atoms with van der Waals surface area (Å²) in [6.45, 7) is 1.47. The van der Waals surface area contributed by atoms with Crippen LogP contribution in [0, 0.1) is 0 Å². The van der Waals surface area contributed by atoms with Gasteiger partial charge in [0.05, 0.1) is 17.4 Å². The van der Waals surface area contributed by atoms with E-state index in [0.717, 1.165) is 17.9 Å². The molecule has 0 radical (unpaired) electrons. The van der Waals surface area contributed by atoms with Gasteiger partial charge in [-0.25, -0.2) is 9.97 Å². The number of rotatable bonds is 4. The number of aromatic nitrogens is 2. The van der Waals surface area contributed by atoms with E-state index in [1.807, 2.05) is 0 Å². The summed E-state index contributed by atoms with van der Waals surface area (Å²) in [5.74, 6) is 0.932. The second kappa shape index (κ2) is 6.23. The molecule has 3 rings (SSSR count). The van der Waals surface area contributed by atoms with Gasteiger partial charge < -0.3 is 9.64 Å². The van der Waals surface area contributed by atoms with Crippen LogP contribution in [0.1, 0.15) is 31.2 Å². The van der Waals surface area contributed by atoms with Crippen molar-refractivity contribution < 1.29 is 8.95 Å². The number of ether oxygens (including phenoxy) is 1. The van der Waals surface area contributed by atoms with Crippen LogP contribution in [-0.4, -0.2) is 46.7 Å². The molecule has 0 aromatic carbocycles. The number of methoxy groups -OCH3 is 1. The first-order chi connectivity index (χ1) is 10.2. The second-order valence-corrected chi connectivity index (χ2v) is 6.96. The zero-order chi connectivity index (χ0) is 14.8. The topological polar surface area (TPSA) is 55.3 Å². The summed E-state index contributed by atoms with van der Waals surface area (Å²) < 4.78 is 16.9. The zero-order valence-corrected chi connectivity index (χ0v) is 13.4. The van der Waals surface area contributed by atoms with Crippen LogP contribution in [0.5, 0.6) is 0 Å². The molecule has 0 bridgehead atoms. The van der Waals surface area contributed by atoms with E-state index < -0.39 is 10.8 Å². The quantitative estimate of drug-likeness (QED) is 0.796. The van der Waals surface area contributed by atoms with Gasteiger partial charge in [0.2, 0.25) is 5.16 Å². The van der Waals surface area contributed by atoms with Gasteiger partial charge in [-0.15, -0.1) is 0 Å². The highest BCUT2D eigenvalue weighted by Gasteiger charge is 2.29. The molecule has 1 saturated carbocycles. The van der Waals surface area contributed by atoms with Crippen LogP contribution in [0.25, 0.3) is 6.08 Å². The smallest absolute Gasteiger partial charge is 0.220 e. The highest BCUT2D eigenvalue weighted by molar-refractivity contribution is 7.84. The van der Waals surface area contributed by atoms with Gasteiger partial charge in [-0.05, 0) is 24.5 Å². The molecule has 5 nitrogen and oxygen atoms in total. The van der Waals surface area contributed by atoms with E-state index in [1.54, 1.807) is 19.6 Å². The van der Waals surface area contributed by atoms with Crippen LogP contribution in [0.4, 0.5) is 5.82 Å². The predicted octanol–water partition coefficient (Wildman–Crippen LogP) is 2.01. The standard InChI is InChI=1S/C15H21N3O2S/c1-20-10-11-7-12-8-16-15(21(2)19)17-14(12)18(9-11)13-5-3-4-6-13/h7-8,13H,3-6,9-10H2,1-2H3. The van der Waals surface area contributed by atoms with Gasteiger partial charge in [0, 0.05) is 37.7 Å².